The van der Waals surface area contributed by atoms with E-state index < -0.39 is 35.8 Å². The van der Waals surface area contributed by atoms with Gasteiger partial charge < -0.3 is 15.5 Å². The van der Waals surface area contributed by atoms with E-state index in [1.54, 1.807) is 12.1 Å². The third-order valence-corrected chi connectivity index (χ3v) is 4.39. The molecule has 0 bridgehead atoms. The van der Waals surface area contributed by atoms with Crippen LogP contribution in [0, 0.1) is 0 Å². The number of nitrogens with one attached hydrogen (secondary N) is 1. The highest BCUT2D eigenvalue weighted by Crippen LogP contribution is 2.30. The Labute approximate surface area is 160 Å². The van der Waals surface area contributed by atoms with Crippen LogP contribution in [-0.4, -0.2) is 33.1 Å². The van der Waals surface area contributed by atoms with Crippen molar-refractivity contribution in [2.24, 2.45) is 0 Å². The molecule has 27 heavy (non-hydrogen) atoms. The fraction of sp³-hybridized carbons (Fsp3) is 0.235. The predicted octanol–water partition coefficient (Wildman–Crippen LogP) is 2.71. The Balaban J connectivity index is 2.10. The second-order valence-electron chi connectivity index (χ2n) is 5.58. The molecule has 0 aliphatic carbocycles. The van der Waals surface area contributed by atoms with E-state index >= 15 is 0 Å². The van der Waals surface area contributed by atoms with Crippen LogP contribution < -0.4 is 5.32 Å². The van der Waals surface area contributed by atoms with Gasteiger partial charge >= 0.3 is 12.1 Å². The molecule has 2 atom stereocenters. The van der Waals surface area contributed by atoms with Crippen LogP contribution in [0.3, 0.4) is 0 Å². The molecule has 144 valence electrons. The highest BCUT2D eigenvalue weighted by atomic mass is 79.9. The van der Waals surface area contributed by atoms with Gasteiger partial charge in [-0.1, -0.05) is 18.2 Å². The standard InChI is InChI=1S/C17H14BrF3N2O4/c18-14-10(2-1-7-22-14)8-12(16(26)27)23-15(25)13(24)9-3-5-11(6-4-9)17(19,20)21/h1-7,12-13,24H,8H2,(H,23,25)(H,26,27)/t12-,13+/m1/s1. The Kier molecular flexibility index (Phi) is 6.55. The van der Waals surface area contributed by atoms with Gasteiger partial charge in [-0.2, -0.15) is 13.2 Å². The molecule has 0 saturated heterocycles. The number of hydrogen-bond donors (Lipinski definition) is 3. The van der Waals surface area contributed by atoms with Crippen LogP contribution in [-0.2, 0) is 22.2 Å². The van der Waals surface area contributed by atoms with E-state index in [4.69, 9.17) is 0 Å². The van der Waals surface area contributed by atoms with Crippen molar-refractivity contribution in [2.45, 2.75) is 24.7 Å². The molecule has 2 rings (SSSR count). The van der Waals surface area contributed by atoms with Crippen molar-refractivity contribution in [1.29, 1.82) is 0 Å². The van der Waals surface area contributed by atoms with Crippen molar-refractivity contribution < 1.29 is 33.0 Å². The van der Waals surface area contributed by atoms with Crippen molar-refractivity contribution in [3.63, 3.8) is 0 Å². The van der Waals surface area contributed by atoms with Crippen molar-refractivity contribution >= 4 is 27.8 Å². The Morgan fingerprint density at radius 1 is 1.19 bits per heavy atom. The zero-order valence-electron chi connectivity index (χ0n) is 13.6. The number of carboxylic acid groups (broad SMARTS) is 1. The number of rotatable bonds is 6. The lowest BCUT2D eigenvalue weighted by Gasteiger charge is -2.18. The van der Waals surface area contributed by atoms with Crippen molar-refractivity contribution in [3.05, 3.63) is 63.9 Å². The summed E-state index contributed by atoms with van der Waals surface area (Å²) in [5.74, 6) is -2.37. The Morgan fingerprint density at radius 3 is 2.33 bits per heavy atom. The fourth-order valence-electron chi connectivity index (χ4n) is 2.25. The number of nitrogens with zero attached hydrogens (tertiary/aromatic N) is 1. The first kappa shape index (κ1) is 20.8. The van der Waals surface area contributed by atoms with Gasteiger partial charge in [-0.3, -0.25) is 4.79 Å². The van der Waals surface area contributed by atoms with Crippen LogP contribution in [0.4, 0.5) is 13.2 Å². The average molecular weight is 447 g/mol. The first-order valence-corrected chi connectivity index (χ1v) is 8.36. The predicted molar refractivity (Wildman–Crippen MR) is 91.6 cm³/mol. The Morgan fingerprint density at radius 2 is 1.81 bits per heavy atom. The normalized spacial score (nSPS) is 13.7. The Hall–Kier alpha value is -2.46. The van der Waals surface area contributed by atoms with Gasteiger partial charge in [-0.05, 0) is 45.3 Å². The smallest absolute Gasteiger partial charge is 0.416 e. The number of benzene rings is 1. The first-order chi connectivity index (χ1) is 12.6. The monoisotopic (exact) mass is 446 g/mol. The molecule has 10 heteroatoms. The maximum absolute atomic E-state index is 12.6. The summed E-state index contributed by atoms with van der Waals surface area (Å²) in [4.78, 5) is 27.5. The average Bonchev–Trinajstić information content (AvgIpc) is 2.61. The number of aromatic nitrogens is 1. The summed E-state index contributed by atoms with van der Waals surface area (Å²) in [5.41, 5.74) is -0.495. The number of pyridine rings is 1. The lowest BCUT2D eigenvalue weighted by molar-refractivity contribution is -0.143. The second-order valence-corrected chi connectivity index (χ2v) is 6.33. The van der Waals surface area contributed by atoms with Gasteiger partial charge in [-0.25, -0.2) is 9.78 Å². The lowest BCUT2D eigenvalue weighted by Crippen LogP contribution is -2.44. The van der Waals surface area contributed by atoms with Crippen LogP contribution in [0.25, 0.3) is 0 Å². The van der Waals surface area contributed by atoms with E-state index in [1.807, 2.05) is 0 Å². The van der Waals surface area contributed by atoms with E-state index in [9.17, 15) is 33.0 Å². The van der Waals surface area contributed by atoms with E-state index in [1.165, 1.54) is 6.20 Å². The number of hydrogen-bond acceptors (Lipinski definition) is 4. The maximum Gasteiger partial charge on any atom is 0.416 e. The van der Waals surface area contributed by atoms with Crippen LogP contribution >= 0.6 is 15.9 Å². The summed E-state index contributed by atoms with van der Waals surface area (Å²) in [7, 11) is 0. The summed E-state index contributed by atoms with van der Waals surface area (Å²) >= 11 is 3.17. The van der Waals surface area contributed by atoms with Crippen molar-refractivity contribution in [3.8, 4) is 0 Å². The number of aliphatic hydroxyl groups is 1. The van der Waals surface area contributed by atoms with Gasteiger partial charge in [0.05, 0.1) is 5.56 Å². The molecule has 0 aliphatic heterocycles. The topological polar surface area (TPSA) is 99.5 Å². The summed E-state index contributed by atoms with van der Waals surface area (Å²) in [6.07, 6.45) is -4.96. The molecular weight excluding hydrogens is 433 g/mol. The maximum atomic E-state index is 12.6. The number of alkyl halides is 3. The molecule has 0 spiro atoms. The fourth-order valence-corrected chi connectivity index (χ4v) is 2.66. The van der Waals surface area contributed by atoms with Crippen LogP contribution in [0.1, 0.15) is 22.8 Å². The molecule has 0 aliphatic rings. The van der Waals surface area contributed by atoms with E-state index in [2.05, 4.69) is 26.2 Å². The largest absolute Gasteiger partial charge is 0.480 e. The number of carbonyl (C=O) groups excluding carboxylic acids is 1. The number of aliphatic carboxylic acids is 1. The van der Waals surface area contributed by atoms with E-state index in [0.717, 1.165) is 24.3 Å². The van der Waals surface area contributed by atoms with Gasteiger partial charge in [0.2, 0.25) is 0 Å². The molecule has 0 unspecified atom stereocenters. The molecule has 0 fully saturated rings. The molecular formula is C17H14BrF3N2O4. The molecule has 1 aromatic heterocycles. The van der Waals surface area contributed by atoms with Crippen LogP contribution in [0.5, 0.6) is 0 Å². The number of carbonyl (C=O) groups is 2. The molecule has 0 saturated carbocycles. The van der Waals surface area contributed by atoms with Crippen LogP contribution in [0.2, 0.25) is 0 Å². The summed E-state index contributed by atoms with van der Waals surface area (Å²) in [6.45, 7) is 0. The van der Waals surface area contributed by atoms with Gasteiger partial charge in [-0.15, -0.1) is 0 Å². The molecule has 1 amide bonds. The quantitative estimate of drug-likeness (QED) is 0.592. The molecule has 3 N–H and O–H groups in total. The van der Waals surface area contributed by atoms with Gasteiger partial charge in [0.1, 0.15) is 10.6 Å². The van der Waals surface area contributed by atoms with E-state index in [0.29, 0.717) is 10.2 Å². The number of carboxylic acids is 1. The van der Waals surface area contributed by atoms with Gasteiger partial charge in [0.15, 0.2) is 6.10 Å². The third kappa shape index (κ3) is 5.51. The summed E-state index contributed by atoms with van der Waals surface area (Å²) in [6, 6.07) is 5.23. The summed E-state index contributed by atoms with van der Waals surface area (Å²) < 4.78 is 38.1. The molecule has 1 heterocycles. The molecule has 2 aromatic rings. The van der Waals surface area contributed by atoms with Crippen molar-refractivity contribution in [1.82, 2.24) is 10.3 Å². The molecule has 1 aromatic carbocycles. The van der Waals surface area contributed by atoms with Crippen molar-refractivity contribution in [2.75, 3.05) is 0 Å². The van der Waals surface area contributed by atoms with Gasteiger partial charge in [0.25, 0.3) is 5.91 Å². The molecule has 6 nitrogen and oxygen atoms in total. The zero-order chi connectivity index (χ0) is 20.2. The summed E-state index contributed by atoms with van der Waals surface area (Å²) in [5, 5.41) is 21.5. The first-order valence-electron chi connectivity index (χ1n) is 7.57. The SMILES string of the molecule is O=C(N[C@H](Cc1cccnc1Br)C(=O)O)[C@@H](O)c1ccc(C(F)(F)F)cc1. The zero-order valence-corrected chi connectivity index (χ0v) is 15.2. The minimum Gasteiger partial charge on any atom is -0.480 e. The molecule has 0 radical (unpaired) electrons. The number of aliphatic hydroxyl groups excluding tert-OH is 1. The lowest BCUT2D eigenvalue weighted by atomic mass is 10.0. The van der Waals surface area contributed by atoms with E-state index in [-0.39, 0.29) is 12.0 Å². The highest BCUT2D eigenvalue weighted by Gasteiger charge is 2.31. The minimum atomic E-state index is -4.54. The second kappa shape index (κ2) is 8.49. The minimum absolute atomic E-state index is 0.0906. The third-order valence-electron chi connectivity index (χ3n) is 3.68. The Bertz CT molecular complexity index is 828. The number of halogens is 4. The highest BCUT2D eigenvalue weighted by molar-refractivity contribution is 9.10. The van der Waals surface area contributed by atoms with Gasteiger partial charge in [0, 0.05) is 12.6 Å². The van der Waals surface area contributed by atoms with Crippen LogP contribution in [0.15, 0.2) is 47.2 Å². The number of amides is 1.